The molecule has 32 heavy (non-hydrogen) atoms. The molecule has 3 heterocycles. The van der Waals surface area contributed by atoms with Crippen molar-refractivity contribution in [3.63, 3.8) is 0 Å². The number of ether oxygens (including phenoxy) is 2. The normalized spacial score (nSPS) is 17.2. The van der Waals surface area contributed by atoms with Crippen molar-refractivity contribution in [1.29, 1.82) is 0 Å². The number of ketones is 1. The van der Waals surface area contributed by atoms with Gasteiger partial charge < -0.3 is 14.5 Å². The fourth-order valence-electron chi connectivity index (χ4n) is 4.02. The van der Waals surface area contributed by atoms with Crippen molar-refractivity contribution in [3.8, 4) is 22.8 Å². The number of nitrogens with zero attached hydrogens (tertiary/aromatic N) is 1. The number of hydrogen-bond donors (Lipinski definition) is 1. The number of aromatic nitrogens is 2. The molecule has 1 aliphatic carbocycles. The van der Waals surface area contributed by atoms with Crippen LogP contribution in [0.2, 0.25) is 5.02 Å². The minimum atomic E-state index is -3.70. The van der Waals surface area contributed by atoms with Crippen LogP contribution in [0.1, 0.15) is 31.1 Å². The van der Waals surface area contributed by atoms with Crippen LogP contribution in [0.3, 0.4) is 0 Å². The Bertz CT molecular complexity index is 1320. The van der Waals surface area contributed by atoms with Crippen LogP contribution < -0.4 is 15.0 Å². The number of H-pyrrole nitrogens is 1. The molecule has 2 aromatic heterocycles. The second kappa shape index (κ2) is 7.13. The Labute approximate surface area is 187 Å². The zero-order chi connectivity index (χ0) is 22.7. The number of fused-ring (bicyclic) bond motifs is 1. The molecule has 0 radical (unpaired) electrons. The van der Waals surface area contributed by atoms with Gasteiger partial charge in [-0.3, -0.25) is 14.6 Å². The summed E-state index contributed by atoms with van der Waals surface area (Å²) in [5.74, 6) is -0.199. The van der Waals surface area contributed by atoms with E-state index in [0.717, 1.165) is 5.56 Å². The molecule has 2 aliphatic rings. The molecule has 5 rings (SSSR count). The number of benzene rings is 1. The molecule has 1 N–H and O–H groups in total. The van der Waals surface area contributed by atoms with Gasteiger partial charge in [-0.25, -0.2) is 0 Å². The van der Waals surface area contributed by atoms with Crippen LogP contribution in [0, 0.1) is 6.92 Å². The summed E-state index contributed by atoms with van der Waals surface area (Å²) < 4.78 is 35.7. The Hall–Kier alpha value is -3.26. The largest absolute Gasteiger partial charge is 0.586 e. The zero-order valence-corrected chi connectivity index (χ0v) is 17.6. The number of nitrogens with one attached hydrogen (secondary N) is 1. The summed E-state index contributed by atoms with van der Waals surface area (Å²) in [4.78, 5) is 32.2. The first-order chi connectivity index (χ1) is 15.2. The third kappa shape index (κ3) is 3.44. The van der Waals surface area contributed by atoms with Crippen LogP contribution in [0.4, 0.5) is 8.78 Å². The third-order valence-electron chi connectivity index (χ3n) is 5.89. The maximum atomic E-state index is 13.3. The van der Waals surface area contributed by atoms with Gasteiger partial charge in [0, 0.05) is 25.3 Å². The second-order valence-corrected chi connectivity index (χ2v) is 8.39. The van der Waals surface area contributed by atoms with Crippen molar-refractivity contribution in [2.24, 2.45) is 0 Å². The number of halogens is 3. The van der Waals surface area contributed by atoms with E-state index in [-0.39, 0.29) is 30.2 Å². The van der Waals surface area contributed by atoms with E-state index in [1.54, 1.807) is 18.2 Å². The summed E-state index contributed by atoms with van der Waals surface area (Å²) in [6.07, 6.45) is -0.936. The Balaban J connectivity index is 0.00000259. The summed E-state index contributed by atoms with van der Waals surface area (Å²) in [6, 6.07) is 9.72. The zero-order valence-electron chi connectivity index (χ0n) is 16.9. The number of carbonyl (C=O) groups is 1. The van der Waals surface area contributed by atoms with Gasteiger partial charge in [0.1, 0.15) is 10.8 Å². The minimum Gasteiger partial charge on any atom is -0.395 e. The molecular weight excluding hydrogens is 442 g/mol. The molecule has 1 aromatic carbocycles. The number of rotatable bonds is 5. The van der Waals surface area contributed by atoms with Gasteiger partial charge in [0.05, 0.1) is 11.1 Å². The predicted molar refractivity (Wildman–Crippen MR) is 114 cm³/mol. The van der Waals surface area contributed by atoms with Crippen molar-refractivity contribution in [2.75, 3.05) is 0 Å². The van der Waals surface area contributed by atoms with E-state index in [2.05, 4.69) is 19.4 Å². The highest BCUT2D eigenvalue weighted by molar-refractivity contribution is 6.33. The first kappa shape index (κ1) is 20.6. The van der Waals surface area contributed by atoms with E-state index in [1.165, 1.54) is 18.3 Å². The van der Waals surface area contributed by atoms with Gasteiger partial charge >= 0.3 is 6.29 Å². The second-order valence-electron chi connectivity index (χ2n) is 8.01. The predicted octanol–water partition coefficient (Wildman–Crippen LogP) is 4.81. The topological polar surface area (TPSA) is 81.3 Å². The molecule has 0 amide bonds. The molecule has 0 spiro atoms. The molecular formula is C23H19ClF2N2O4. The quantitative estimate of drug-likeness (QED) is 0.591. The smallest absolute Gasteiger partial charge is 0.395 e. The molecule has 9 heteroatoms. The number of carbonyl (C=O) groups excluding carboxylic acids is 1. The highest BCUT2D eigenvalue weighted by atomic mass is 35.5. The maximum absolute atomic E-state index is 13.3. The molecule has 3 aromatic rings. The van der Waals surface area contributed by atoms with Crippen molar-refractivity contribution in [1.82, 2.24) is 9.97 Å². The third-order valence-corrected chi connectivity index (χ3v) is 6.26. The van der Waals surface area contributed by atoms with Gasteiger partial charge in [-0.05, 0) is 55.2 Å². The molecule has 1 fully saturated rings. The highest BCUT2D eigenvalue weighted by Gasteiger charge is 2.52. The average molecular weight is 461 g/mol. The average Bonchev–Trinajstić information content (AvgIpc) is 3.49. The molecule has 0 saturated heterocycles. The van der Waals surface area contributed by atoms with Crippen LogP contribution in [-0.2, 0) is 16.6 Å². The molecule has 6 nitrogen and oxygen atoms in total. The van der Waals surface area contributed by atoms with Crippen LogP contribution >= 0.6 is 11.6 Å². The van der Waals surface area contributed by atoms with Crippen molar-refractivity contribution >= 4 is 17.4 Å². The van der Waals surface area contributed by atoms with E-state index >= 15 is 0 Å². The number of aromatic amines is 1. The van der Waals surface area contributed by atoms with Crippen LogP contribution in [0.15, 0.2) is 47.4 Å². The summed E-state index contributed by atoms with van der Waals surface area (Å²) in [6.45, 7) is 1.84. The van der Waals surface area contributed by atoms with Crippen LogP contribution in [0.25, 0.3) is 11.3 Å². The Morgan fingerprint density at radius 1 is 1.19 bits per heavy atom. The number of Topliss-reactive ketones (excluding diaryl/α,β-unsaturated/α-hetero) is 1. The van der Waals surface area contributed by atoms with Crippen molar-refractivity contribution < 1.29 is 24.5 Å². The van der Waals surface area contributed by atoms with Gasteiger partial charge in [0.15, 0.2) is 11.5 Å². The van der Waals surface area contributed by atoms with E-state index < -0.39 is 17.3 Å². The van der Waals surface area contributed by atoms with Gasteiger partial charge in [0.25, 0.3) is 5.56 Å². The number of hydrogen-bond acceptors (Lipinski definition) is 5. The molecule has 0 atom stereocenters. The fraction of sp³-hybridized carbons (Fsp3) is 0.261. The number of aryl methyl sites for hydroxylation is 1. The lowest BCUT2D eigenvalue weighted by molar-refractivity contribution is -0.286. The lowest BCUT2D eigenvalue weighted by Crippen LogP contribution is -2.26. The summed E-state index contributed by atoms with van der Waals surface area (Å²) in [5, 5.41) is 0.0300. The number of pyridine rings is 2. The van der Waals surface area contributed by atoms with Crippen LogP contribution in [0.5, 0.6) is 11.5 Å². The van der Waals surface area contributed by atoms with E-state index in [1.807, 2.05) is 13.0 Å². The Morgan fingerprint density at radius 3 is 2.69 bits per heavy atom. The van der Waals surface area contributed by atoms with E-state index in [0.29, 0.717) is 35.4 Å². The van der Waals surface area contributed by atoms with E-state index in [9.17, 15) is 18.4 Å². The Kier molecular flexibility index (Phi) is 4.60. The molecule has 0 bridgehead atoms. The lowest BCUT2D eigenvalue weighted by atomic mass is 9.88. The number of alkyl halides is 2. The summed E-state index contributed by atoms with van der Waals surface area (Å²) in [7, 11) is 0. The first-order valence-electron chi connectivity index (χ1n) is 9.96. The van der Waals surface area contributed by atoms with Gasteiger partial charge in [-0.15, -0.1) is 8.78 Å². The van der Waals surface area contributed by atoms with Crippen molar-refractivity contribution in [3.05, 3.63) is 74.8 Å². The SMILES string of the molecule is Cc1ccc(CC(=O)C2(c3ccc4c(c3)OC(F)(F)O4)CC2)nc1-c1cc[nH]c(=O)c1Cl.[HH]. The molecule has 1 saturated carbocycles. The fourth-order valence-corrected chi connectivity index (χ4v) is 4.22. The summed E-state index contributed by atoms with van der Waals surface area (Å²) in [5.41, 5.74) is 1.80. The van der Waals surface area contributed by atoms with Crippen LogP contribution in [-0.4, -0.2) is 22.0 Å². The van der Waals surface area contributed by atoms with Gasteiger partial charge in [0.2, 0.25) is 0 Å². The Morgan fingerprint density at radius 2 is 1.94 bits per heavy atom. The molecule has 0 unspecified atom stereocenters. The van der Waals surface area contributed by atoms with E-state index in [4.69, 9.17) is 11.6 Å². The highest BCUT2D eigenvalue weighted by Crippen LogP contribution is 2.52. The maximum Gasteiger partial charge on any atom is 0.586 e. The molecule has 1 aliphatic heterocycles. The van der Waals surface area contributed by atoms with Gasteiger partial charge in [-0.1, -0.05) is 23.7 Å². The first-order valence-corrected chi connectivity index (χ1v) is 10.3. The molecule has 166 valence electrons. The van der Waals surface area contributed by atoms with Crippen molar-refractivity contribution in [2.45, 2.75) is 37.9 Å². The monoisotopic (exact) mass is 460 g/mol. The van der Waals surface area contributed by atoms with Gasteiger partial charge in [-0.2, -0.15) is 0 Å². The standard InChI is InChI=1S/C23H17ClF2N2O4.H2/c1-12-2-4-14(28-20(12)15-6-9-27-21(30)19(15)24)11-18(29)22(7-8-22)13-3-5-16-17(10-13)32-23(25,26)31-16;/h2-6,9-10H,7-8,11H2,1H3,(H,27,30);1H. The summed E-state index contributed by atoms with van der Waals surface area (Å²) >= 11 is 6.16. The lowest BCUT2D eigenvalue weighted by Gasteiger charge is -2.16. The minimum absolute atomic E-state index is 0.